The predicted molar refractivity (Wildman–Crippen MR) is 86.1 cm³/mol. The van der Waals surface area contributed by atoms with E-state index in [0.717, 1.165) is 52.0 Å². The molecule has 0 aromatic rings. The maximum Gasteiger partial charge on any atom is 0.237 e. The SMILES string of the molecule is CCNC1(C(N)=O)CCCC(N2CCN(C(C)C)CC2)C1. The Morgan fingerprint density at radius 1 is 1.33 bits per heavy atom. The van der Waals surface area contributed by atoms with Gasteiger partial charge < -0.3 is 11.1 Å². The van der Waals surface area contributed by atoms with Crippen LogP contribution in [0.4, 0.5) is 0 Å². The predicted octanol–water partition coefficient (Wildman–Crippen LogP) is 0.789. The molecular weight excluding hydrogens is 264 g/mol. The Balaban J connectivity index is 1.96. The third-order valence-corrected chi connectivity index (χ3v) is 5.31. The zero-order valence-electron chi connectivity index (χ0n) is 13.9. The molecule has 1 saturated heterocycles. The molecule has 1 aliphatic heterocycles. The number of hydrogen-bond acceptors (Lipinski definition) is 4. The molecule has 122 valence electrons. The number of primary amides is 1. The lowest BCUT2D eigenvalue weighted by Crippen LogP contribution is -2.62. The fourth-order valence-corrected chi connectivity index (χ4v) is 3.99. The van der Waals surface area contributed by atoms with Crippen LogP contribution in [0.15, 0.2) is 0 Å². The van der Waals surface area contributed by atoms with Crippen molar-refractivity contribution in [2.75, 3.05) is 32.7 Å². The summed E-state index contributed by atoms with van der Waals surface area (Å²) in [6.07, 6.45) is 4.05. The topological polar surface area (TPSA) is 61.6 Å². The number of likely N-dealkylation sites (N-methyl/N-ethyl adjacent to an activating group) is 1. The Kier molecular flexibility index (Phi) is 5.63. The highest BCUT2D eigenvalue weighted by Gasteiger charge is 2.42. The second kappa shape index (κ2) is 7.07. The first-order valence-corrected chi connectivity index (χ1v) is 8.51. The van der Waals surface area contributed by atoms with E-state index in [4.69, 9.17) is 5.73 Å². The molecule has 2 fully saturated rings. The van der Waals surface area contributed by atoms with Gasteiger partial charge in [-0.1, -0.05) is 6.92 Å². The van der Waals surface area contributed by atoms with Crippen molar-refractivity contribution in [3.8, 4) is 0 Å². The van der Waals surface area contributed by atoms with Gasteiger partial charge in [-0.2, -0.15) is 0 Å². The number of carbonyl (C=O) groups is 1. The van der Waals surface area contributed by atoms with Gasteiger partial charge in [-0.15, -0.1) is 0 Å². The number of carbonyl (C=O) groups excluding carboxylic acids is 1. The zero-order chi connectivity index (χ0) is 15.5. The monoisotopic (exact) mass is 296 g/mol. The molecule has 3 N–H and O–H groups in total. The molecule has 1 aliphatic carbocycles. The molecule has 5 nitrogen and oxygen atoms in total. The number of hydrogen-bond donors (Lipinski definition) is 2. The molecule has 2 aliphatic rings. The molecule has 1 heterocycles. The average molecular weight is 296 g/mol. The first-order valence-electron chi connectivity index (χ1n) is 8.51. The maximum atomic E-state index is 12.0. The van der Waals surface area contributed by atoms with Gasteiger partial charge in [-0.05, 0) is 46.1 Å². The van der Waals surface area contributed by atoms with Crippen LogP contribution in [0.2, 0.25) is 0 Å². The van der Waals surface area contributed by atoms with E-state index < -0.39 is 5.54 Å². The standard InChI is InChI=1S/C16H32N4O/c1-4-18-16(15(17)21)7-5-6-14(12-16)20-10-8-19(9-11-20)13(2)3/h13-14,18H,4-12H2,1-3H3,(H2,17,21). The van der Waals surface area contributed by atoms with Crippen molar-refractivity contribution in [1.29, 1.82) is 0 Å². The van der Waals surface area contributed by atoms with Crippen LogP contribution in [0.3, 0.4) is 0 Å². The lowest BCUT2D eigenvalue weighted by molar-refractivity contribution is -0.127. The zero-order valence-corrected chi connectivity index (χ0v) is 13.9. The van der Waals surface area contributed by atoms with E-state index >= 15 is 0 Å². The quantitative estimate of drug-likeness (QED) is 0.787. The van der Waals surface area contributed by atoms with Gasteiger partial charge in [-0.25, -0.2) is 0 Å². The van der Waals surface area contributed by atoms with Crippen molar-refractivity contribution in [3.63, 3.8) is 0 Å². The molecule has 2 atom stereocenters. The Morgan fingerprint density at radius 2 is 2.00 bits per heavy atom. The summed E-state index contributed by atoms with van der Waals surface area (Å²) in [5, 5.41) is 3.38. The number of rotatable bonds is 5. The molecular formula is C16H32N4O. The molecule has 0 aromatic carbocycles. The van der Waals surface area contributed by atoms with E-state index in [9.17, 15) is 4.79 Å². The van der Waals surface area contributed by atoms with Crippen LogP contribution in [0.25, 0.3) is 0 Å². The molecule has 0 aromatic heterocycles. The lowest BCUT2D eigenvalue weighted by atomic mass is 9.77. The first-order chi connectivity index (χ1) is 9.98. The molecule has 2 unspecified atom stereocenters. The largest absolute Gasteiger partial charge is 0.368 e. The minimum atomic E-state index is -0.479. The number of nitrogens with zero attached hydrogens (tertiary/aromatic N) is 2. The third-order valence-electron chi connectivity index (χ3n) is 5.31. The third kappa shape index (κ3) is 3.76. The smallest absolute Gasteiger partial charge is 0.237 e. The number of nitrogens with one attached hydrogen (secondary N) is 1. The van der Waals surface area contributed by atoms with Gasteiger partial charge in [-0.3, -0.25) is 14.6 Å². The van der Waals surface area contributed by atoms with Gasteiger partial charge in [0.1, 0.15) is 0 Å². The highest BCUT2D eigenvalue weighted by atomic mass is 16.1. The first kappa shape index (κ1) is 16.7. The van der Waals surface area contributed by atoms with Crippen LogP contribution in [-0.2, 0) is 4.79 Å². The van der Waals surface area contributed by atoms with Gasteiger partial charge in [0.2, 0.25) is 5.91 Å². The normalized spacial score (nSPS) is 32.5. The summed E-state index contributed by atoms with van der Waals surface area (Å²) in [6, 6.07) is 1.13. The van der Waals surface area contributed by atoms with Crippen LogP contribution in [-0.4, -0.2) is 66.1 Å². The molecule has 0 bridgehead atoms. The number of nitrogens with two attached hydrogens (primary N) is 1. The van der Waals surface area contributed by atoms with Gasteiger partial charge in [0, 0.05) is 38.3 Å². The second-order valence-electron chi connectivity index (χ2n) is 6.89. The van der Waals surface area contributed by atoms with Gasteiger partial charge >= 0.3 is 0 Å². The van der Waals surface area contributed by atoms with Crippen LogP contribution in [0, 0.1) is 0 Å². The number of piperazine rings is 1. The molecule has 5 heteroatoms. The summed E-state index contributed by atoms with van der Waals surface area (Å²) in [5.41, 5.74) is 5.23. The second-order valence-corrected chi connectivity index (χ2v) is 6.89. The van der Waals surface area contributed by atoms with Crippen molar-refractivity contribution in [2.24, 2.45) is 5.73 Å². The van der Waals surface area contributed by atoms with Crippen LogP contribution < -0.4 is 11.1 Å². The summed E-state index contributed by atoms with van der Waals surface area (Å²) < 4.78 is 0. The lowest BCUT2D eigenvalue weighted by Gasteiger charge is -2.46. The Bertz CT molecular complexity index is 348. The summed E-state index contributed by atoms with van der Waals surface area (Å²) in [4.78, 5) is 17.1. The molecule has 2 rings (SSSR count). The Labute approximate surface area is 129 Å². The summed E-state index contributed by atoms with van der Waals surface area (Å²) in [7, 11) is 0. The van der Waals surface area contributed by atoms with E-state index in [2.05, 4.69) is 35.9 Å². The summed E-state index contributed by atoms with van der Waals surface area (Å²) in [5.74, 6) is -0.171. The van der Waals surface area contributed by atoms with Crippen molar-refractivity contribution in [1.82, 2.24) is 15.1 Å². The van der Waals surface area contributed by atoms with Crippen LogP contribution >= 0.6 is 0 Å². The van der Waals surface area contributed by atoms with Gasteiger partial charge in [0.05, 0.1) is 5.54 Å². The van der Waals surface area contributed by atoms with Gasteiger partial charge in [0.15, 0.2) is 0 Å². The van der Waals surface area contributed by atoms with Crippen LogP contribution in [0.5, 0.6) is 0 Å². The van der Waals surface area contributed by atoms with E-state index in [0.29, 0.717) is 12.1 Å². The van der Waals surface area contributed by atoms with E-state index in [-0.39, 0.29) is 5.91 Å². The maximum absolute atomic E-state index is 12.0. The van der Waals surface area contributed by atoms with E-state index in [1.165, 1.54) is 6.42 Å². The highest BCUT2D eigenvalue weighted by Crippen LogP contribution is 2.31. The Hall–Kier alpha value is -0.650. The fraction of sp³-hybridized carbons (Fsp3) is 0.938. The highest BCUT2D eigenvalue weighted by molar-refractivity contribution is 5.84. The molecule has 0 spiro atoms. The van der Waals surface area contributed by atoms with E-state index in [1.807, 2.05) is 0 Å². The fourth-order valence-electron chi connectivity index (χ4n) is 3.99. The average Bonchev–Trinajstić information content (AvgIpc) is 2.48. The molecule has 1 amide bonds. The van der Waals surface area contributed by atoms with Crippen LogP contribution in [0.1, 0.15) is 46.5 Å². The van der Waals surface area contributed by atoms with Crippen molar-refractivity contribution < 1.29 is 4.79 Å². The van der Waals surface area contributed by atoms with E-state index in [1.54, 1.807) is 0 Å². The molecule has 0 radical (unpaired) electrons. The molecule has 1 saturated carbocycles. The minimum Gasteiger partial charge on any atom is -0.368 e. The summed E-state index contributed by atoms with van der Waals surface area (Å²) in [6.45, 7) is 11.9. The summed E-state index contributed by atoms with van der Waals surface area (Å²) >= 11 is 0. The van der Waals surface area contributed by atoms with Gasteiger partial charge in [0.25, 0.3) is 0 Å². The minimum absolute atomic E-state index is 0.171. The van der Waals surface area contributed by atoms with Crippen molar-refractivity contribution in [3.05, 3.63) is 0 Å². The van der Waals surface area contributed by atoms with Crippen molar-refractivity contribution >= 4 is 5.91 Å². The molecule has 21 heavy (non-hydrogen) atoms. The number of amides is 1. The van der Waals surface area contributed by atoms with Crippen molar-refractivity contribution in [2.45, 2.75) is 64.1 Å². The Morgan fingerprint density at radius 3 is 2.52 bits per heavy atom.